The van der Waals surface area contributed by atoms with Crippen molar-refractivity contribution >= 4 is 33.0 Å². The van der Waals surface area contributed by atoms with Gasteiger partial charge in [0.1, 0.15) is 17.0 Å². The monoisotopic (exact) mass is 666 g/mol. The lowest BCUT2D eigenvalue weighted by Gasteiger charge is -2.11. The number of hydrogen-bond donors (Lipinski definition) is 0. The molecular formula is C47H30N4O. The summed E-state index contributed by atoms with van der Waals surface area (Å²) in [6.45, 7) is 0. The van der Waals surface area contributed by atoms with Gasteiger partial charge in [-0.2, -0.15) is 0 Å². The molecule has 0 amide bonds. The summed E-state index contributed by atoms with van der Waals surface area (Å²) in [5, 5.41) is 2.01. The van der Waals surface area contributed by atoms with Crippen molar-refractivity contribution in [2.75, 3.05) is 0 Å². The van der Waals surface area contributed by atoms with E-state index in [9.17, 15) is 0 Å². The highest BCUT2D eigenvalue weighted by atomic mass is 16.3. The smallest absolute Gasteiger partial charge is 0.160 e. The van der Waals surface area contributed by atoms with Gasteiger partial charge in [-0.25, -0.2) is 15.0 Å². The second-order valence-corrected chi connectivity index (χ2v) is 12.9. The molecule has 3 aromatic heterocycles. The Kier molecular flexibility index (Phi) is 7.07. The van der Waals surface area contributed by atoms with Crippen molar-refractivity contribution in [3.05, 3.63) is 182 Å². The molecule has 0 radical (unpaired) electrons. The first-order valence-electron chi connectivity index (χ1n) is 17.4. The fourth-order valence-electron chi connectivity index (χ4n) is 7.18. The molecule has 10 aromatic rings. The van der Waals surface area contributed by atoms with Crippen molar-refractivity contribution in [2.24, 2.45) is 0 Å². The van der Waals surface area contributed by atoms with Crippen LogP contribution in [0, 0.1) is 0 Å². The summed E-state index contributed by atoms with van der Waals surface area (Å²) in [5.41, 5.74) is 12.6. The summed E-state index contributed by atoms with van der Waals surface area (Å²) in [4.78, 5) is 15.5. The number of imidazole rings is 1. The third kappa shape index (κ3) is 5.15. The third-order valence-electron chi connectivity index (χ3n) is 9.63. The molecule has 0 bridgehead atoms. The Morgan fingerprint density at radius 3 is 1.92 bits per heavy atom. The van der Waals surface area contributed by atoms with Crippen molar-refractivity contribution in [1.82, 2.24) is 19.5 Å². The van der Waals surface area contributed by atoms with E-state index in [0.29, 0.717) is 5.82 Å². The highest BCUT2D eigenvalue weighted by Crippen LogP contribution is 2.40. The van der Waals surface area contributed by atoms with E-state index < -0.39 is 0 Å². The Hall–Kier alpha value is -7.11. The van der Waals surface area contributed by atoms with Gasteiger partial charge in [0, 0.05) is 38.7 Å². The number of benzene rings is 7. The highest BCUT2D eigenvalue weighted by molar-refractivity contribution is 6.13. The van der Waals surface area contributed by atoms with E-state index in [2.05, 4.69) is 138 Å². The molecule has 5 nitrogen and oxygen atoms in total. The zero-order valence-electron chi connectivity index (χ0n) is 28.0. The maximum atomic E-state index is 6.50. The summed E-state index contributed by atoms with van der Waals surface area (Å²) in [6.07, 6.45) is 0. The second-order valence-electron chi connectivity index (χ2n) is 12.9. The molecule has 10 rings (SSSR count). The Bertz CT molecular complexity index is 2890. The average Bonchev–Trinajstić information content (AvgIpc) is 3.80. The van der Waals surface area contributed by atoms with Gasteiger partial charge in [-0.3, -0.25) is 4.57 Å². The molecule has 0 atom stereocenters. The largest absolute Gasteiger partial charge is 0.456 e. The molecule has 0 aliphatic rings. The second kappa shape index (κ2) is 12.3. The summed E-state index contributed by atoms with van der Waals surface area (Å²) in [5.74, 6) is 1.54. The van der Waals surface area contributed by atoms with Crippen LogP contribution in [-0.4, -0.2) is 19.5 Å². The molecule has 0 saturated heterocycles. The molecule has 52 heavy (non-hydrogen) atoms. The van der Waals surface area contributed by atoms with E-state index in [0.717, 1.165) is 89.3 Å². The molecule has 0 N–H and O–H groups in total. The minimum absolute atomic E-state index is 0.667. The zero-order valence-corrected chi connectivity index (χ0v) is 28.0. The number of fused-ring (bicyclic) bond motifs is 4. The molecule has 0 saturated carbocycles. The van der Waals surface area contributed by atoms with Crippen LogP contribution in [-0.2, 0) is 0 Å². The van der Waals surface area contributed by atoms with Crippen LogP contribution in [0.1, 0.15) is 0 Å². The van der Waals surface area contributed by atoms with E-state index in [4.69, 9.17) is 19.4 Å². The molecule has 7 aromatic carbocycles. The van der Waals surface area contributed by atoms with E-state index >= 15 is 0 Å². The SMILES string of the molecule is c1ccc(-c2cccc(-c3cc(-c4cccc5oc6ccc(-c7nc8ccccc8n7-c7ccccc7)cc6c45)nc(-c4ccccc4)n3)c2)cc1. The normalized spacial score (nSPS) is 11.5. The molecule has 3 heterocycles. The Labute approximate surface area is 300 Å². The molecule has 5 heteroatoms. The van der Waals surface area contributed by atoms with Crippen LogP contribution >= 0.6 is 0 Å². The quantitative estimate of drug-likeness (QED) is 0.177. The summed E-state index contributed by atoms with van der Waals surface area (Å²) < 4.78 is 8.73. The van der Waals surface area contributed by atoms with Crippen molar-refractivity contribution in [1.29, 1.82) is 0 Å². The predicted octanol–water partition coefficient (Wildman–Crippen LogP) is 12.0. The van der Waals surface area contributed by atoms with Crippen LogP contribution in [0.4, 0.5) is 0 Å². The van der Waals surface area contributed by atoms with Gasteiger partial charge >= 0.3 is 0 Å². The number of para-hydroxylation sites is 3. The molecule has 244 valence electrons. The van der Waals surface area contributed by atoms with Crippen LogP contribution in [0.3, 0.4) is 0 Å². The van der Waals surface area contributed by atoms with Crippen molar-refractivity contribution in [3.63, 3.8) is 0 Å². The van der Waals surface area contributed by atoms with Crippen LogP contribution in [0.2, 0.25) is 0 Å². The lowest BCUT2D eigenvalue weighted by Crippen LogP contribution is -1.97. The van der Waals surface area contributed by atoms with Crippen LogP contribution < -0.4 is 0 Å². The number of furan rings is 1. The van der Waals surface area contributed by atoms with Gasteiger partial charge in [-0.05, 0) is 71.8 Å². The van der Waals surface area contributed by atoms with E-state index in [1.807, 2.05) is 48.5 Å². The minimum Gasteiger partial charge on any atom is -0.456 e. The summed E-state index contributed by atoms with van der Waals surface area (Å²) in [6, 6.07) is 62.5. The fraction of sp³-hybridized carbons (Fsp3) is 0. The first kappa shape index (κ1) is 29.8. The molecule has 0 spiro atoms. The average molecular weight is 667 g/mol. The Morgan fingerprint density at radius 1 is 0.423 bits per heavy atom. The minimum atomic E-state index is 0.667. The molecule has 0 aliphatic heterocycles. The molecule has 0 fully saturated rings. The standard InChI is InChI=1S/C47H30N4O/c1-4-14-31(15-5-1)33-18-12-19-34(28-33)40-30-41(49-46(48-40)32-16-6-2-7-17-32)37-22-13-25-44-45(37)38-29-35(26-27-43(38)52-44)47-50-39-23-10-11-24-42(39)51(47)36-20-8-3-9-21-36/h1-30H. The lowest BCUT2D eigenvalue weighted by atomic mass is 9.99. The molecule has 0 aliphatic carbocycles. The molecular weight excluding hydrogens is 637 g/mol. The van der Waals surface area contributed by atoms with E-state index in [1.54, 1.807) is 0 Å². The van der Waals surface area contributed by atoms with Crippen molar-refractivity contribution < 1.29 is 4.42 Å². The Morgan fingerprint density at radius 2 is 1.10 bits per heavy atom. The van der Waals surface area contributed by atoms with Crippen molar-refractivity contribution in [2.45, 2.75) is 0 Å². The zero-order chi connectivity index (χ0) is 34.4. The number of aromatic nitrogens is 4. The third-order valence-corrected chi connectivity index (χ3v) is 9.63. The van der Waals surface area contributed by atoms with Gasteiger partial charge in [-0.15, -0.1) is 0 Å². The predicted molar refractivity (Wildman–Crippen MR) is 211 cm³/mol. The number of nitrogens with zero attached hydrogens (tertiary/aromatic N) is 4. The van der Waals surface area contributed by atoms with Gasteiger partial charge in [0.15, 0.2) is 5.82 Å². The Balaban J connectivity index is 1.18. The van der Waals surface area contributed by atoms with Gasteiger partial charge in [0.05, 0.1) is 22.4 Å². The van der Waals surface area contributed by atoms with Gasteiger partial charge in [0.2, 0.25) is 0 Å². The number of rotatable bonds is 6. The maximum Gasteiger partial charge on any atom is 0.160 e. The van der Waals surface area contributed by atoms with Gasteiger partial charge < -0.3 is 4.42 Å². The van der Waals surface area contributed by atoms with Crippen molar-refractivity contribution in [3.8, 4) is 62.1 Å². The fourth-order valence-corrected chi connectivity index (χ4v) is 7.18. The van der Waals surface area contributed by atoms with E-state index in [1.165, 1.54) is 0 Å². The van der Waals surface area contributed by atoms with Crippen LogP contribution in [0.5, 0.6) is 0 Å². The topological polar surface area (TPSA) is 56.7 Å². The lowest BCUT2D eigenvalue weighted by molar-refractivity contribution is 0.669. The van der Waals surface area contributed by atoms with Crippen LogP contribution in [0.15, 0.2) is 186 Å². The summed E-state index contributed by atoms with van der Waals surface area (Å²) in [7, 11) is 0. The maximum absolute atomic E-state index is 6.50. The van der Waals surface area contributed by atoms with Gasteiger partial charge in [-0.1, -0.05) is 121 Å². The molecule has 0 unspecified atom stereocenters. The first-order chi connectivity index (χ1) is 25.8. The van der Waals surface area contributed by atoms with E-state index in [-0.39, 0.29) is 0 Å². The highest BCUT2D eigenvalue weighted by Gasteiger charge is 2.20. The van der Waals surface area contributed by atoms with Crippen LogP contribution in [0.25, 0.3) is 95.1 Å². The first-order valence-corrected chi connectivity index (χ1v) is 17.4. The van der Waals surface area contributed by atoms with Gasteiger partial charge in [0.25, 0.3) is 0 Å². The number of hydrogen-bond acceptors (Lipinski definition) is 4. The summed E-state index contributed by atoms with van der Waals surface area (Å²) >= 11 is 0.